The molecule has 0 aromatic heterocycles. The number of esters is 1. The second-order valence-electron chi connectivity index (χ2n) is 6.06. The fraction of sp³-hybridized carbons (Fsp3) is 0.556. The Morgan fingerprint density at radius 3 is 2.62 bits per heavy atom. The number of hydrogen-bond acceptors (Lipinski definition) is 5. The first-order valence-electron chi connectivity index (χ1n) is 8.48. The summed E-state index contributed by atoms with van der Waals surface area (Å²) in [7, 11) is 1.82. The van der Waals surface area contributed by atoms with Crippen LogP contribution < -0.4 is 10.5 Å². The summed E-state index contributed by atoms with van der Waals surface area (Å²) in [5.41, 5.74) is 6.61. The van der Waals surface area contributed by atoms with Crippen LogP contribution in [0, 0.1) is 0 Å². The zero-order valence-electron chi connectivity index (χ0n) is 14.4. The molecule has 1 saturated carbocycles. The number of benzene rings is 1. The normalized spacial score (nSPS) is 14.9. The van der Waals surface area contributed by atoms with Gasteiger partial charge in [0.1, 0.15) is 5.75 Å². The second-order valence-corrected chi connectivity index (χ2v) is 6.06. The highest BCUT2D eigenvalue weighted by Gasteiger charge is 2.22. The van der Waals surface area contributed by atoms with Crippen LogP contribution >= 0.6 is 0 Å². The van der Waals surface area contributed by atoms with Gasteiger partial charge in [-0.2, -0.15) is 0 Å². The van der Waals surface area contributed by atoms with Crippen molar-refractivity contribution in [1.29, 1.82) is 0 Å². The van der Waals surface area contributed by atoms with E-state index in [9.17, 15) is 9.59 Å². The zero-order chi connectivity index (χ0) is 17.5. The quantitative estimate of drug-likeness (QED) is 0.639. The van der Waals surface area contributed by atoms with Crippen LogP contribution in [0.4, 0.5) is 5.69 Å². The van der Waals surface area contributed by atoms with Crippen LogP contribution in [0.15, 0.2) is 18.2 Å². The Morgan fingerprint density at radius 1 is 1.25 bits per heavy atom. The minimum absolute atomic E-state index is 0.0807. The predicted molar refractivity (Wildman–Crippen MR) is 91.9 cm³/mol. The molecule has 2 rings (SSSR count). The zero-order valence-corrected chi connectivity index (χ0v) is 14.4. The van der Waals surface area contributed by atoms with Crippen LogP contribution in [0.1, 0.15) is 49.4 Å². The minimum Gasteiger partial charge on any atom is -0.482 e. The number of nitrogens with zero attached hydrogens (tertiary/aromatic N) is 1. The van der Waals surface area contributed by atoms with E-state index >= 15 is 0 Å². The minimum atomic E-state index is -0.437. The number of carbonyl (C=O) groups is 2. The smallest absolute Gasteiger partial charge is 0.338 e. The molecule has 0 aliphatic heterocycles. The van der Waals surface area contributed by atoms with Crippen LogP contribution in [0.25, 0.3) is 0 Å². The van der Waals surface area contributed by atoms with Crippen LogP contribution in [0.3, 0.4) is 0 Å². The van der Waals surface area contributed by atoms with Gasteiger partial charge in [-0.05, 0) is 38.0 Å². The molecule has 6 nitrogen and oxygen atoms in total. The highest BCUT2D eigenvalue weighted by molar-refractivity contribution is 5.90. The Morgan fingerprint density at radius 2 is 1.96 bits per heavy atom. The molecule has 1 aromatic rings. The van der Waals surface area contributed by atoms with Crippen LogP contribution in [0.2, 0.25) is 0 Å². The molecule has 1 amide bonds. The molecule has 1 aliphatic carbocycles. The third kappa shape index (κ3) is 4.63. The lowest BCUT2D eigenvalue weighted by atomic mass is 9.94. The number of nitrogen functional groups attached to an aromatic ring is 1. The number of carbonyl (C=O) groups excluding carboxylic acids is 2. The van der Waals surface area contributed by atoms with Gasteiger partial charge in [-0.1, -0.05) is 19.3 Å². The molecule has 24 heavy (non-hydrogen) atoms. The first kappa shape index (κ1) is 18.1. The number of anilines is 1. The Labute approximate surface area is 142 Å². The average molecular weight is 334 g/mol. The van der Waals surface area contributed by atoms with Crippen molar-refractivity contribution in [3.05, 3.63) is 23.8 Å². The van der Waals surface area contributed by atoms with Crippen molar-refractivity contribution >= 4 is 17.6 Å². The van der Waals surface area contributed by atoms with Gasteiger partial charge in [-0.25, -0.2) is 4.79 Å². The molecular weight excluding hydrogens is 308 g/mol. The predicted octanol–water partition coefficient (Wildman–Crippen LogP) is 2.62. The summed E-state index contributed by atoms with van der Waals surface area (Å²) in [5, 5.41) is 0. The molecular formula is C18H26N2O4. The Balaban J connectivity index is 1.96. The molecule has 6 heteroatoms. The molecule has 0 spiro atoms. The molecule has 0 unspecified atom stereocenters. The summed E-state index contributed by atoms with van der Waals surface area (Å²) in [6.07, 6.45) is 5.66. The molecule has 2 N–H and O–H groups in total. The Bertz CT molecular complexity index is 582. The number of likely N-dealkylation sites (N-methyl/N-ethyl adjacent to an activating group) is 1. The maximum absolute atomic E-state index is 12.3. The van der Waals surface area contributed by atoms with Crippen molar-refractivity contribution in [3.63, 3.8) is 0 Å². The lowest BCUT2D eigenvalue weighted by molar-refractivity contribution is -0.134. The number of ether oxygens (including phenoxy) is 2. The van der Waals surface area contributed by atoms with Gasteiger partial charge in [-0.3, -0.25) is 4.79 Å². The Hall–Kier alpha value is -2.24. The number of nitrogens with two attached hydrogens (primary N) is 1. The summed E-state index contributed by atoms with van der Waals surface area (Å²) in [4.78, 5) is 25.9. The molecule has 0 saturated heterocycles. The Kier molecular flexibility index (Phi) is 6.46. The van der Waals surface area contributed by atoms with Gasteiger partial charge >= 0.3 is 5.97 Å². The van der Waals surface area contributed by atoms with E-state index in [2.05, 4.69) is 0 Å². The van der Waals surface area contributed by atoms with E-state index in [4.69, 9.17) is 15.2 Å². The highest BCUT2D eigenvalue weighted by atomic mass is 16.5. The fourth-order valence-corrected chi connectivity index (χ4v) is 2.91. The van der Waals surface area contributed by atoms with Gasteiger partial charge in [0.05, 0.1) is 17.9 Å². The number of hydrogen-bond donors (Lipinski definition) is 1. The van der Waals surface area contributed by atoms with Crippen LogP contribution in [0.5, 0.6) is 5.75 Å². The van der Waals surface area contributed by atoms with Crippen molar-refractivity contribution < 1.29 is 19.1 Å². The van der Waals surface area contributed by atoms with Crippen molar-refractivity contribution in [2.45, 2.75) is 45.1 Å². The molecule has 0 heterocycles. The van der Waals surface area contributed by atoms with Crippen molar-refractivity contribution in [2.75, 3.05) is 26.0 Å². The lowest BCUT2D eigenvalue weighted by Crippen LogP contribution is -2.40. The lowest BCUT2D eigenvalue weighted by Gasteiger charge is -2.31. The van der Waals surface area contributed by atoms with Gasteiger partial charge in [0, 0.05) is 13.1 Å². The van der Waals surface area contributed by atoms with E-state index in [1.54, 1.807) is 24.0 Å². The molecule has 0 atom stereocenters. The molecule has 1 aromatic carbocycles. The third-order valence-electron chi connectivity index (χ3n) is 4.39. The summed E-state index contributed by atoms with van der Waals surface area (Å²) < 4.78 is 10.5. The van der Waals surface area contributed by atoms with Gasteiger partial charge in [0.15, 0.2) is 6.61 Å². The maximum Gasteiger partial charge on any atom is 0.338 e. The van der Waals surface area contributed by atoms with E-state index in [-0.39, 0.29) is 18.6 Å². The van der Waals surface area contributed by atoms with Crippen LogP contribution in [-0.2, 0) is 9.53 Å². The third-order valence-corrected chi connectivity index (χ3v) is 4.39. The second kappa shape index (κ2) is 8.57. The molecule has 1 fully saturated rings. The van der Waals surface area contributed by atoms with Gasteiger partial charge < -0.3 is 20.1 Å². The van der Waals surface area contributed by atoms with Crippen LogP contribution in [-0.4, -0.2) is 43.1 Å². The summed E-state index contributed by atoms with van der Waals surface area (Å²) in [6, 6.07) is 4.96. The number of rotatable bonds is 6. The molecule has 1 aliphatic rings. The summed E-state index contributed by atoms with van der Waals surface area (Å²) >= 11 is 0. The molecule has 0 bridgehead atoms. The number of amides is 1. The van der Waals surface area contributed by atoms with Crippen molar-refractivity contribution in [3.8, 4) is 5.75 Å². The molecule has 132 valence electrons. The summed E-state index contributed by atoms with van der Waals surface area (Å²) in [5.74, 6) is -0.193. The maximum atomic E-state index is 12.3. The average Bonchev–Trinajstić information content (AvgIpc) is 2.61. The summed E-state index contributed by atoms with van der Waals surface area (Å²) in [6.45, 7) is 1.94. The first-order chi connectivity index (χ1) is 11.5. The highest BCUT2D eigenvalue weighted by Crippen LogP contribution is 2.24. The van der Waals surface area contributed by atoms with E-state index in [0.29, 0.717) is 23.6 Å². The SMILES string of the molecule is CCOC(=O)c1ccc(N)c(OCC(=O)N(C)C2CCCCC2)c1. The first-order valence-corrected chi connectivity index (χ1v) is 8.48. The van der Waals surface area contributed by atoms with E-state index in [1.807, 2.05) is 7.05 Å². The van der Waals surface area contributed by atoms with Crippen molar-refractivity contribution in [2.24, 2.45) is 0 Å². The van der Waals surface area contributed by atoms with Crippen molar-refractivity contribution in [1.82, 2.24) is 4.90 Å². The fourth-order valence-electron chi connectivity index (χ4n) is 2.91. The monoisotopic (exact) mass is 334 g/mol. The van der Waals surface area contributed by atoms with Gasteiger partial charge in [0.25, 0.3) is 5.91 Å². The van der Waals surface area contributed by atoms with Gasteiger partial charge in [0.2, 0.25) is 0 Å². The van der Waals surface area contributed by atoms with E-state index in [1.165, 1.54) is 12.5 Å². The topological polar surface area (TPSA) is 81.9 Å². The molecule has 0 radical (unpaired) electrons. The van der Waals surface area contributed by atoms with E-state index in [0.717, 1.165) is 25.7 Å². The van der Waals surface area contributed by atoms with Gasteiger partial charge in [-0.15, -0.1) is 0 Å². The standard InChI is InChI=1S/C18H26N2O4/c1-3-23-18(22)13-9-10-15(19)16(11-13)24-12-17(21)20(2)14-7-5-4-6-8-14/h9-11,14H,3-8,12,19H2,1-2H3. The van der Waals surface area contributed by atoms with E-state index < -0.39 is 5.97 Å². The largest absolute Gasteiger partial charge is 0.482 e.